The summed E-state index contributed by atoms with van der Waals surface area (Å²) < 4.78 is 15.8. The van der Waals surface area contributed by atoms with Gasteiger partial charge in [0, 0.05) is 11.6 Å². The number of hydrogen-bond donors (Lipinski definition) is 1. The van der Waals surface area contributed by atoms with E-state index in [0.717, 1.165) is 12.8 Å². The lowest BCUT2D eigenvalue weighted by atomic mass is 10.1. The highest BCUT2D eigenvalue weighted by Gasteiger charge is 2.30. The summed E-state index contributed by atoms with van der Waals surface area (Å²) in [7, 11) is 4.55. The van der Waals surface area contributed by atoms with Crippen LogP contribution in [0.1, 0.15) is 23.8 Å². The number of alkyl halides is 1. The highest BCUT2D eigenvalue weighted by molar-refractivity contribution is 6.31. The largest absolute Gasteiger partial charge is 0.493 e. The number of methoxy groups -OCH3 is 3. The number of hydrogen-bond acceptors (Lipinski definition) is 4. The number of carbonyl (C=O) groups excluding carboxylic acids is 1. The van der Waals surface area contributed by atoms with Crippen molar-refractivity contribution in [3.63, 3.8) is 0 Å². The van der Waals surface area contributed by atoms with Gasteiger partial charge in [0.05, 0.1) is 21.3 Å². The number of nitrogens with one attached hydrogen (secondary N) is 1. The Labute approximate surface area is 123 Å². The number of benzene rings is 1. The van der Waals surface area contributed by atoms with E-state index in [1.54, 1.807) is 12.1 Å². The summed E-state index contributed by atoms with van der Waals surface area (Å²) in [4.78, 5) is 12.0. The molecule has 1 N–H and O–H groups in total. The van der Waals surface area contributed by atoms with E-state index in [-0.39, 0.29) is 11.9 Å². The molecule has 5 nitrogen and oxygen atoms in total. The van der Waals surface area contributed by atoms with Crippen LogP contribution in [0.15, 0.2) is 12.1 Å². The van der Waals surface area contributed by atoms with Crippen molar-refractivity contribution >= 4 is 17.5 Å². The fraction of sp³-hybridized carbons (Fsp3) is 0.500. The Bertz CT molecular complexity index is 502. The first-order chi connectivity index (χ1) is 9.62. The third-order valence-corrected chi connectivity index (χ3v) is 3.59. The maximum atomic E-state index is 12.0. The van der Waals surface area contributed by atoms with E-state index < -0.39 is 5.38 Å². The quantitative estimate of drug-likeness (QED) is 0.819. The van der Waals surface area contributed by atoms with E-state index in [1.165, 1.54) is 21.3 Å². The molecule has 1 aromatic rings. The second-order valence-corrected chi connectivity index (χ2v) is 5.01. The summed E-state index contributed by atoms with van der Waals surface area (Å²) in [6.45, 7) is 0. The molecule has 0 radical (unpaired) electrons. The molecule has 0 bridgehead atoms. The normalized spacial score (nSPS) is 15.4. The Morgan fingerprint density at radius 2 is 1.85 bits per heavy atom. The molecule has 0 aliphatic heterocycles. The van der Waals surface area contributed by atoms with Crippen LogP contribution >= 0.6 is 11.6 Å². The van der Waals surface area contributed by atoms with Gasteiger partial charge < -0.3 is 19.5 Å². The smallest absolute Gasteiger partial charge is 0.242 e. The average molecular weight is 300 g/mol. The zero-order chi connectivity index (χ0) is 14.7. The summed E-state index contributed by atoms with van der Waals surface area (Å²) in [5.41, 5.74) is 0.560. The van der Waals surface area contributed by atoms with Crippen molar-refractivity contribution in [3.05, 3.63) is 17.7 Å². The average Bonchev–Trinajstić information content (AvgIpc) is 3.28. The Balaban J connectivity index is 2.31. The minimum Gasteiger partial charge on any atom is -0.493 e. The van der Waals surface area contributed by atoms with Gasteiger partial charge in [-0.1, -0.05) is 0 Å². The molecule has 1 aliphatic rings. The van der Waals surface area contributed by atoms with Crippen LogP contribution in [-0.2, 0) is 4.79 Å². The van der Waals surface area contributed by atoms with Crippen LogP contribution in [0.3, 0.4) is 0 Å². The van der Waals surface area contributed by atoms with E-state index in [9.17, 15) is 4.79 Å². The van der Waals surface area contributed by atoms with Gasteiger partial charge in [-0.15, -0.1) is 11.6 Å². The van der Waals surface area contributed by atoms with Crippen molar-refractivity contribution in [1.29, 1.82) is 0 Å². The minimum atomic E-state index is -0.828. The molecule has 1 aromatic carbocycles. The van der Waals surface area contributed by atoms with Crippen molar-refractivity contribution in [2.75, 3.05) is 21.3 Å². The van der Waals surface area contributed by atoms with Gasteiger partial charge in [0.1, 0.15) is 5.38 Å². The maximum absolute atomic E-state index is 12.0. The first-order valence-electron chi connectivity index (χ1n) is 6.35. The van der Waals surface area contributed by atoms with Crippen LogP contribution in [0.4, 0.5) is 0 Å². The van der Waals surface area contributed by atoms with E-state index >= 15 is 0 Å². The lowest BCUT2D eigenvalue weighted by Crippen LogP contribution is -2.29. The fourth-order valence-electron chi connectivity index (χ4n) is 1.97. The Kier molecular flexibility index (Phi) is 4.60. The maximum Gasteiger partial charge on any atom is 0.242 e. The van der Waals surface area contributed by atoms with Gasteiger partial charge in [-0.2, -0.15) is 0 Å². The van der Waals surface area contributed by atoms with Crippen molar-refractivity contribution < 1.29 is 19.0 Å². The molecule has 2 rings (SSSR count). The lowest BCUT2D eigenvalue weighted by molar-refractivity contribution is -0.121. The van der Waals surface area contributed by atoms with Gasteiger partial charge in [-0.25, -0.2) is 0 Å². The molecule has 1 unspecified atom stereocenters. The zero-order valence-electron chi connectivity index (χ0n) is 11.7. The first kappa shape index (κ1) is 14.8. The first-order valence-corrected chi connectivity index (χ1v) is 6.79. The topological polar surface area (TPSA) is 56.8 Å². The Morgan fingerprint density at radius 1 is 1.20 bits per heavy atom. The zero-order valence-corrected chi connectivity index (χ0v) is 12.5. The van der Waals surface area contributed by atoms with Gasteiger partial charge in [-0.3, -0.25) is 4.79 Å². The standard InChI is InChI=1S/C14H18ClNO4/c1-18-10-7-6-9(12(19-2)13(10)20-3)11(15)14(17)16-8-4-5-8/h6-8,11H,4-5H2,1-3H3,(H,16,17). The summed E-state index contributed by atoms with van der Waals surface area (Å²) in [5.74, 6) is 1.15. The lowest BCUT2D eigenvalue weighted by Gasteiger charge is -2.18. The van der Waals surface area contributed by atoms with Gasteiger partial charge >= 0.3 is 0 Å². The number of ether oxygens (including phenoxy) is 3. The van der Waals surface area contributed by atoms with Gasteiger partial charge in [0.25, 0.3) is 0 Å². The molecule has 1 atom stereocenters. The molecule has 1 fully saturated rings. The van der Waals surface area contributed by atoms with Crippen molar-refractivity contribution in [2.24, 2.45) is 0 Å². The molecular formula is C14H18ClNO4. The number of amides is 1. The highest BCUT2D eigenvalue weighted by Crippen LogP contribution is 2.43. The molecule has 0 spiro atoms. The molecule has 1 amide bonds. The monoisotopic (exact) mass is 299 g/mol. The minimum absolute atomic E-state index is 0.223. The van der Waals surface area contributed by atoms with Crippen LogP contribution in [0.25, 0.3) is 0 Å². The molecule has 20 heavy (non-hydrogen) atoms. The molecule has 0 heterocycles. The third-order valence-electron chi connectivity index (χ3n) is 3.16. The summed E-state index contributed by atoms with van der Waals surface area (Å²) in [5, 5.41) is 2.04. The molecule has 0 aromatic heterocycles. The summed E-state index contributed by atoms with van der Waals surface area (Å²) >= 11 is 6.25. The van der Waals surface area contributed by atoms with Crippen LogP contribution in [0.5, 0.6) is 17.2 Å². The van der Waals surface area contributed by atoms with Crippen LogP contribution in [-0.4, -0.2) is 33.3 Å². The van der Waals surface area contributed by atoms with E-state index in [1.807, 2.05) is 0 Å². The van der Waals surface area contributed by atoms with Crippen molar-refractivity contribution in [2.45, 2.75) is 24.3 Å². The number of carbonyl (C=O) groups is 1. The third kappa shape index (κ3) is 2.93. The molecule has 1 aliphatic carbocycles. The van der Waals surface area contributed by atoms with E-state index in [2.05, 4.69) is 5.32 Å². The van der Waals surface area contributed by atoms with Crippen LogP contribution in [0.2, 0.25) is 0 Å². The molecule has 110 valence electrons. The highest BCUT2D eigenvalue weighted by atomic mass is 35.5. The van der Waals surface area contributed by atoms with Crippen molar-refractivity contribution in [3.8, 4) is 17.2 Å². The van der Waals surface area contributed by atoms with E-state index in [4.69, 9.17) is 25.8 Å². The van der Waals surface area contributed by atoms with Gasteiger partial charge in [-0.05, 0) is 25.0 Å². The Hall–Kier alpha value is -1.62. The van der Waals surface area contributed by atoms with Crippen LogP contribution in [0, 0.1) is 0 Å². The van der Waals surface area contributed by atoms with Gasteiger partial charge in [0.2, 0.25) is 11.7 Å². The molecule has 6 heteroatoms. The summed E-state index contributed by atoms with van der Waals surface area (Å²) in [6.07, 6.45) is 2.02. The second kappa shape index (κ2) is 6.22. The number of rotatable bonds is 6. The molecular weight excluding hydrogens is 282 g/mol. The Morgan fingerprint density at radius 3 is 2.35 bits per heavy atom. The predicted molar refractivity (Wildman–Crippen MR) is 75.9 cm³/mol. The van der Waals surface area contributed by atoms with Gasteiger partial charge in [0.15, 0.2) is 11.5 Å². The van der Waals surface area contributed by atoms with E-state index in [0.29, 0.717) is 22.8 Å². The summed E-state index contributed by atoms with van der Waals surface area (Å²) in [6, 6.07) is 3.68. The molecule has 1 saturated carbocycles. The number of halogens is 1. The SMILES string of the molecule is COc1ccc(C(Cl)C(=O)NC2CC2)c(OC)c1OC. The fourth-order valence-corrected chi connectivity index (χ4v) is 2.20. The van der Waals surface area contributed by atoms with Crippen LogP contribution < -0.4 is 19.5 Å². The molecule has 0 saturated heterocycles. The second-order valence-electron chi connectivity index (χ2n) is 4.57. The predicted octanol–water partition coefficient (Wildman–Crippen LogP) is 2.27. The van der Waals surface area contributed by atoms with Crippen molar-refractivity contribution in [1.82, 2.24) is 5.32 Å².